The van der Waals surface area contributed by atoms with Crippen molar-refractivity contribution in [2.75, 3.05) is 40.0 Å². The Balaban J connectivity index is 0.00000306. The fourth-order valence-electron chi connectivity index (χ4n) is 3.80. The lowest BCUT2D eigenvalue weighted by atomic mass is 10.1. The van der Waals surface area contributed by atoms with Crippen LogP contribution in [0, 0.1) is 12.8 Å². The molecule has 2 N–H and O–H groups in total. The first-order valence-electron chi connectivity index (χ1n) is 11.7. The van der Waals surface area contributed by atoms with Crippen LogP contribution in [0.25, 0.3) is 0 Å². The molecule has 6 nitrogen and oxygen atoms in total. The van der Waals surface area contributed by atoms with Gasteiger partial charge in [-0.2, -0.15) is 0 Å². The highest BCUT2D eigenvalue weighted by Crippen LogP contribution is 2.30. The minimum Gasteiger partial charge on any atom is -0.493 e. The van der Waals surface area contributed by atoms with Crippen LogP contribution in [-0.2, 0) is 24.4 Å². The number of benzene rings is 2. The van der Waals surface area contributed by atoms with E-state index in [2.05, 4.69) is 69.9 Å². The van der Waals surface area contributed by atoms with E-state index >= 15 is 0 Å². The van der Waals surface area contributed by atoms with Gasteiger partial charge in [0.25, 0.3) is 0 Å². The van der Waals surface area contributed by atoms with Gasteiger partial charge < -0.3 is 20.1 Å². The maximum Gasteiger partial charge on any atom is 0.191 e. The van der Waals surface area contributed by atoms with Crippen LogP contribution in [-0.4, -0.2) is 50.8 Å². The third-order valence-corrected chi connectivity index (χ3v) is 6.06. The summed E-state index contributed by atoms with van der Waals surface area (Å²) in [6, 6.07) is 15.2. The molecule has 0 bridgehead atoms. The molecule has 0 aromatic heterocycles. The van der Waals surface area contributed by atoms with Crippen molar-refractivity contribution in [2.45, 2.75) is 39.4 Å². The largest absolute Gasteiger partial charge is 0.493 e. The predicted octanol–water partition coefficient (Wildman–Crippen LogP) is 4.10. The second-order valence-corrected chi connectivity index (χ2v) is 8.85. The molecule has 1 heterocycles. The number of rotatable bonds is 9. The van der Waals surface area contributed by atoms with Gasteiger partial charge in [-0.05, 0) is 48.4 Å². The van der Waals surface area contributed by atoms with E-state index in [0.717, 1.165) is 69.2 Å². The van der Waals surface area contributed by atoms with E-state index in [4.69, 9.17) is 9.47 Å². The maximum absolute atomic E-state index is 6.09. The lowest BCUT2D eigenvalue weighted by Gasteiger charge is -2.26. The van der Waals surface area contributed by atoms with Crippen molar-refractivity contribution in [2.24, 2.45) is 10.9 Å². The average molecular weight is 565 g/mol. The van der Waals surface area contributed by atoms with Crippen molar-refractivity contribution in [1.29, 1.82) is 0 Å². The third kappa shape index (κ3) is 8.46. The first-order valence-corrected chi connectivity index (χ1v) is 11.7. The van der Waals surface area contributed by atoms with Crippen LogP contribution >= 0.6 is 24.0 Å². The van der Waals surface area contributed by atoms with Gasteiger partial charge in [-0.3, -0.25) is 9.89 Å². The van der Waals surface area contributed by atoms with E-state index in [9.17, 15) is 0 Å². The van der Waals surface area contributed by atoms with Crippen LogP contribution < -0.4 is 15.4 Å². The Bertz CT molecular complexity index is 894. The fraction of sp³-hybridized carbons (Fsp3) is 0.500. The minimum absolute atomic E-state index is 0. The van der Waals surface area contributed by atoms with E-state index in [1.807, 2.05) is 0 Å². The zero-order chi connectivity index (χ0) is 22.2. The van der Waals surface area contributed by atoms with Gasteiger partial charge in [-0.25, -0.2) is 0 Å². The lowest BCUT2D eigenvalue weighted by Crippen LogP contribution is -2.36. The molecule has 0 amide bonds. The Labute approximate surface area is 215 Å². The van der Waals surface area contributed by atoms with Gasteiger partial charge in [0.05, 0.1) is 19.8 Å². The molecule has 0 spiro atoms. The quantitative estimate of drug-likeness (QED) is 0.273. The first-order chi connectivity index (χ1) is 15.7. The smallest absolute Gasteiger partial charge is 0.191 e. The normalized spacial score (nSPS) is 16.7. The number of ether oxygens (including phenoxy) is 2. The van der Waals surface area contributed by atoms with Crippen molar-refractivity contribution < 1.29 is 9.47 Å². The molecule has 0 radical (unpaired) electrons. The summed E-state index contributed by atoms with van der Waals surface area (Å²) in [4.78, 5) is 6.82. The van der Waals surface area contributed by atoms with E-state index in [-0.39, 0.29) is 24.0 Å². The molecule has 2 fully saturated rings. The molecular weight excluding hydrogens is 527 g/mol. The second-order valence-electron chi connectivity index (χ2n) is 8.85. The Morgan fingerprint density at radius 3 is 2.42 bits per heavy atom. The minimum atomic E-state index is 0. The molecule has 4 rings (SSSR count). The van der Waals surface area contributed by atoms with Crippen LogP contribution in [0.3, 0.4) is 0 Å². The Morgan fingerprint density at radius 2 is 1.73 bits per heavy atom. The van der Waals surface area contributed by atoms with Crippen LogP contribution in [0.4, 0.5) is 0 Å². The maximum atomic E-state index is 6.09. The highest BCUT2D eigenvalue weighted by Gasteiger charge is 2.22. The second kappa shape index (κ2) is 13.2. The number of nitrogens with one attached hydrogen (secondary N) is 2. The number of hydrogen-bond donors (Lipinski definition) is 2. The predicted molar refractivity (Wildman–Crippen MR) is 144 cm³/mol. The van der Waals surface area contributed by atoms with Crippen molar-refractivity contribution in [3.05, 3.63) is 64.7 Å². The molecule has 2 aromatic carbocycles. The highest BCUT2D eigenvalue weighted by molar-refractivity contribution is 14.0. The molecule has 0 atom stereocenters. The molecule has 1 saturated heterocycles. The molecular formula is C26H37IN4O2. The molecule has 180 valence electrons. The lowest BCUT2D eigenvalue weighted by molar-refractivity contribution is 0.0342. The summed E-state index contributed by atoms with van der Waals surface area (Å²) in [5.41, 5.74) is 4.96. The van der Waals surface area contributed by atoms with E-state index in [1.54, 1.807) is 7.05 Å². The molecule has 1 aliphatic heterocycles. The van der Waals surface area contributed by atoms with Crippen molar-refractivity contribution >= 4 is 29.9 Å². The number of nitrogens with zero attached hydrogens (tertiary/aromatic N) is 2. The molecule has 7 heteroatoms. The Hall–Kier alpha value is -1.84. The summed E-state index contributed by atoms with van der Waals surface area (Å²) in [6.45, 7) is 9.03. The monoisotopic (exact) mass is 564 g/mol. The van der Waals surface area contributed by atoms with Gasteiger partial charge in [0.2, 0.25) is 0 Å². The number of aryl methyl sites for hydroxylation is 1. The van der Waals surface area contributed by atoms with Gasteiger partial charge >= 0.3 is 0 Å². The van der Waals surface area contributed by atoms with E-state index in [1.165, 1.54) is 29.5 Å². The van der Waals surface area contributed by atoms with Gasteiger partial charge in [-0.1, -0.05) is 36.4 Å². The van der Waals surface area contributed by atoms with Crippen LogP contribution in [0.2, 0.25) is 0 Å². The topological polar surface area (TPSA) is 58.1 Å². The fourth-order valence-corrected chi connectivity index (χ4v) is 3.80. The summed E-state index contributed by atoms with van der Waals surface area (Å²) in [5, 5.41) is 6.84. The molecule has 2 aromatic rings. The van der Waals surface area contributed by atoms with Gasteiger partial charge in [0, 0.05) is 45.3 Å². The van der Waals surface area contributed by atoms with Crippen molar-refractivity contribution in [3.63, 3.8) is 0 Å². The number of morpholine rings is 1. The summed E-state index contributed by atoms with van der Waals surface area (Å²) in [7, 11) is 1.81. The number of hydrogen-bond acceptors (Lipinski definition) is 4. The molecule has 33 heavy (non-hydrogen) atoms. The molecule has 1 saturated carbocycles. The summed E-state index contributed by atoms with van der Waals surface area (Å²) in [6.07, 6.45) is 2.59. The number of halogens is 1. The first kappa shape index (κ1) is 25.8. The zero-order valence-corrected chi connectivity index (χ0v) is 22.1. The third-order valence-electron chi connectivity index (χ3n) is 6.06. The molecule has 2 aliphatic rings. The zero-order valence-electron chi connectivity index (χ0n) is 19.8. The Kier molecular flexibility index (Phi) is 10.3. The average Bonchev–Trinajstić information content (AvgIpc) is 3.65. The van der Waals surface area contributed by atoms with E-state index in [0.29, 0.717) is 6.54 Å². The number of aliphatic imine (C=N–C) groups is 1. The van der Waals surface area contributed by atoms with Crippen LogP contribution in [0.1, 0.15) is 35.1 Å². The van der Waals surface area contributed by atoms with E-state index < -0.39 is 0 Å². The van der Waals surface area contributed by atoms with Crippen LogP contribution in [0.15, 0.2) is 47.5 Å². The standard InChI is InChI=1S/C26H36N4O2.HI/c1-20-3-10-24(25(15-20)32-19-23-8-9-23)17-29-26(27-2)28-16-21-4-6-22(7-5-21)18-30-11-13-31-14-12-30;/h3-7,10,15,23H,8-9,11-14,16-19H2,1-2H3,(H2,27,28,29);1H. The molecule has 1 aliphatic carbocycles. The Morgan fingerprint density at radius 1 is 1.03 bits per heavy atom. The van der Waals surface area contributed by atoms with Crippen molar-refractivity contribution in [3.8, 4) is 5.75 Å². The van der Waals surface area contributed by atoms with Crippen molar-refractivity contribution in [1.82, 2.24) is 15.5 Å². The van der Waals surface area contributed by atoms with Crippen LogP contribution in [0.5, 0.6) is 5.75 Å². The highest BCUT2D eigenvalue weighted by atomic mass is 127. The number of guanidine groups is 1. The summed E-state index contributed by atoms with van der Waals surface area (Å²) in [5.74, 6) is 2.51. The SMILES string of the molecule is CN=C(NCc1ccc(CN2CCOCC2)cc1)NCc1ccc(C)cc1OCC1CC1.I. The van der Waals surface area contributed by atoms with Gasteiger partial charge in [0.1, 0.15) is 5.75 Å². The summed E-state index contributed by atoms with van der Waals surface area (Å²) < 4.78 is 11.5. The summed E-state index contributed by atoms with van der Waals surface area (Å²) >= 11 is 0. The van der Waals surface area contributed by atoms with Gasteiger partial charge in [0.15, 0.2) is 5.96 Å². The molecule has 0 unspecified atom stereocenters. The van der Waals surface area contributed by atoms with Gasteiger partial charge in [-0.15, -0.1) is 24.0 Å².